The van der Waals surface area contributed by atoms with Crippen LogP contribution >= 0.6 is 0 Å². The van der Waals surface area contributed by atoms with Gasteiger partial charge in [0.05, 0.1) is 4.90 Å². The summed E-state index contributed by atoms with van der Waals surface area (Å²) in [7, 11) is -3.09. The summed E-state index contributed by atoms with van der Waals surface area (Å²) in [5, 5.41) is 0. The minimum Gasteiger partial charge on any atom is -0.224 e. The van der Waals surface area contributed by atoms with Gasteiger partial charge in [-0.05, 0) is 36.5 Å². The minimum absolute atomic E-state index is 0.437. The van der Waals surface area contributed by atoms with Gasteiger partial charge in [0, 0.05) is 6.26 Å². The first-order chi connectivity index (χ1) is 7.99. The van der Waals surface area contributed by atoms with E-state index in [4.69, 9.17) is 0 Å². The summed E-state index contributed by atoms with van der Waals surface area (Å²) >= 11 is 0. The van der Waals surface area contributed by atoms with Crippen molar-refractivity contribution in [3.63, 3.8) is 0 Å². The average Bonchev–Trinajstić information content (AvgIpc) is 2.28. The second-order valence-electron chi connectivity index (χ2n) is 4.62. The molecule has 0 unspecified atom stereocenters. The number of hydrogen-bond donors (Lipinski definition) is 0. The predicted molar refractivity (Wildman–Crippen MR) is 72.1 cm³/mol. The van der Waals surface area contributed by atoms with Crippen LogP contribution in [0.25, 0.3) is 0 Å². The Labute approximate surface area is 105 Å². The summed E-state index contributed by atoms with van der Waals surface area (Å²) in [5.74, 6) is 0.492. The van der Waals surface area contributed by atoms with Gasteiger partial charge in [0.15, 0.2) is 9.84 Å². The average molecular weight is 254 g/mol. The maximum Gasteiger partial charge on any atom is 0.175 e. The van der Waals surface area contributed by atoms with Crippen molar-refractivity contribution >= 4 is 9.84 Å². The van der Waals surface area contributed by atoms with Gasteiger partial charge in [0.1, 0.15) is 0 Å². The van der Waals surface area contributed by atoms with Crippen molar-refractivity contribution in [1.29, 1.82) is 0 Å². The van der Waals surface area contributed by atoms with Crippen molar-refractivity contribution in [2.24, 2.45) is 0 Å². The van der Waals surface area contributed by atoms with Crippen molar-refractivity contribution in [1.82, 2.24) is 0 Å². The zero-order valence-electron chi connectivity index (χ0n) is 10.9. The van der Waals surface area contributed by atoms with Gasteiger partial charge < -0.3 is 0 Å². The summed E-state index contributed by atoms with van der Waals surface area (Å²) in [6.45, 7) is 4.34. The maximum absolute atomic E-state index is 11.5. The summed E-state index contributed by atoms with van der Waals surface area (Å²) in [5.41, 5.74) is 1.16. The van der Waals surface area contributed by atoms with Crippen molar-refractivity contribution in [2.45, 2.75) is 50.3 Å². The Hall–Kier alpha value is -0.830. The Balaban J connectivity index is 3.04. The van der Waals surface area contributed by atoms with Crippen LogP contribution < -0.4 is 0 Å². The molecule has 0 aliphatic rings. The molecule has 0 amide bonds. The van der Waals surface area contributed by atoms with Crippen LogP contribution in [0.4, 0.5) is 0 Å². The third kappa shape index (κ3) is 4.15. The smallest absolute Gasteiger partial charge is 0.175 e. The summed E-state index contributed by atoms with van der Waals surface area (Å²) in [6.07, 6.45) is 5.78. The molecular weight excluding hydrogens is 232 g/mol. The van der Waals surface area contributed by atoms with Crippen molar-refractivity contribution in [3.8, 4) is 0 Å². The van der Waals surface area contributed by atoms with Crippen LogP contribution in [0.5, 0.6) is 0 Å². The van der Waals surface area contributed by atoms with Crippen LogP contribution in [-0.2, 0) is 9.84 Å². The highest BCUT2D eigenvalue weighted by molar-refractivity contribution is 7.90. The third-order valence-electron chi connectivity index (χ3n) is 3.03. The molecule has 0 aromatic heterocycles. The van der Waals surface area contributed by atoms with Gasteiger partial charge in [-0.1, -0.05) is 38.8 Å². The van der Waals surface area contributed by atoms with Crippen LogP contribution in [0.1, 0.15) is 51.0 Å². The zero-order valence-corrected chi connectivity index (χ0v) is 11.8. The lowest BCUT2D eigenvalue weighted by molar-refractivity contribution is 0.559. The maximum atomic E-state index is 11.5. The molecule has 0 bridgehead atoms. The molecule has 96 valence electrons. The van der Waals surface area contributed by atoms with Gasteiger partial charge in [0.2, 0.25) is 0 Å². The first kappa shape index (κ1) is 14.2. The first-order valence-electron chi connectivity index (χ1n) is 6.29. The van der Waals surface area contributed by atoms with Crippen molar-refractivity contribution in [3.05, 3.63) is 29.8 Å². The monoisotopic (exact) mass is 254 g/mol. The standard InChI is InChI=1S/C14H22O2S/c1-4-7-12(8-5-2)13-9-6-10-14(11-13)17(3,15)16/h6,9-12H,4-5,7-8H2,1-3H3. The lowest BCUT2D eigenvalue weighted by atomic mass is 9.90. The molecule has 3 heteroatoms. The van der Waals surface area contributed by atoms with E-state index < -0.39 is 9.84 Å². The molecule has 1 rings (SSSR count). The second kappa shape index (κ2) is 6.20. The van der Waals surface area contributed by atoms with E-state index in [2.05, 4.69) is 13.8 Å². The molecular formula is C14H22O2S. The molecule has 1 aromatic rings. The highest BCUT2D eigenvalue weighted by Gasteiger charge is 2.13. The van der Waals surface area contributed by atoms with Crippen molar-refractivity contribution in [2.75, 3.05) is 6.26 Å². The molecule has 0 saturated heterocycles. The molecule has 0 N–H and O–H groups in total. The highest BCUT2D eigenvalue weighted by Crippen LogP contribution is 2.27. The largest absolute Gasteiger partial charge is 0.224 e. The van der Waals surface area contributed by atoms with E-state index in [1.54, 1.807) is 6.07 Å². The molecule has 0 aliphatic carbocycles. The quantitative estimate of drug-likeness (QED) is 0.774. The topological polar surface area (TPSA) is 34.1 Å². The second-order valence-corrected chi connectivity index (χ2v) is 6.63. The highest BCUT2D eigenvalue weighted by atomic mass is 32.2. The van der Waals surface area contributed by atoms with Crippen LogP contribution in [0.2, 0.25) is 0 Å². The van der Waals surface area contributed by atoms with Crippen LogP contribution in [-0.4, -0.2) is 14.7 Å². The Morgan fingerprint density at radius 3 is 2.18 bits per heavy atom. The van der Waals surface area contributed by atoms with Gasteiger partial charge in [-0.2, -0.15) is 0 Å². The Morgan fingerprint density at radius 2 is 1.71 bits per heavy atom. The summed E-state index contributed by atoms with van der Waals surface area (Å²) in [6, 6.07) is 7.41. The van der Waals surface area contributed by atoms with E-state index >= 15 is 0 Å². The molecule has 0 aliphatic heterocycles. The Morgan fingerprint density at radius 1 is 1.12 bits per heavy atom. The van der Waals surface area contributed by atoms with E-state index in [1.807, 2.05) is 18.2 Å². The Bertz CT molecular complexity index is 443. The molecule has 2 nitrogen and oxygen atoms in total. The predicted octanol–water partition coefficient (Wildman–Crippen LogP) is 3.77. The van der Waals surface area contributed by atoms with Gasteiger partial charge in [0.25, 0.3) is 0 Å². The zero-order chi connectivity index (χ0) is 12.9. The summed E-state index contributed by atoms with van der Waals surface area (Å²) < 4.78 is 23.0. The van der Waals surface area contributed by atoms with E-state index in [1.165, 1.54) is 6.26 Å². The van der Waals surface area contributed by atoms with E-state index in [0.29, 0.717) is 10.8 Å². The SMILES string of the molecule is CCCC(CCC)c1cccc(S(C)(=O)=O)c1. The van der Waals surface area contributed by atoms with Crippen molar-refractivity contribution < 1.29 is 8.42 Å². The summed E-state index contributed by atoms with van der Waals surface area (Å²) in [4.78, 5) is 0.437. The number of hydrogen-bond acceptors (Lipinski definition) is 2. The van der Waals surface area contributed by atoms with E-state index in [9.17, 15) is 8.42 Å². The van der Waals surface area contributed by atoms with E-state index in [-0.39, 0.29) is 0 Å². The molecule has 0 heterocycles. The molecule has 0 fully saturated rings. The number of benzene rings is 1. The Kier molecular flexibility index (Phi) is 5.19. The molecule has 0 saturated carbocycles. The first-order valence-corrected chi connectivity index (χ1v) is 8.18. The normalized spacial score (nSPS) is 12.0. The van der Waals surface area contributed by atoms with Gasteiger partial charge in [-0.3, -0.25) is 0 Å². The van der Waals surface area contributed by atoms with Gasteiger partial charge in [-0.15, -0.1) is 0 Å². The molecule has 1 aromatic carbocycles. The fourth-order valence-electron chi connectivity index (χ4n) is 2.17. The fourth-order valence-corrected chi connectivity index (χ4v) is 2.85. The number of sulfone groups is 1. The lowest BCUT2D eigenvalue weighted by Gasteiger charge is -2.16. The lowest BCUT2D eigenvalue weighted by Crippen LogP contribution is -2.02. The van der Waals surface area contributed by atoms with Crippen LogP contribution in [0, 0.1) is 0 Å². The van der Waals surface area contributed by atoms with Gasteiger partial charge in [-0.25, -0.2) is 8.42 Å². The van der Waals surface area contributed by atoms with Crippen LogP contribution in [0.15, 0.2) is 29.2 Å². The molecule has 0 radical (unpaired) electrons. The van der Waals surface area contributed by atoms with Gasteiger partial charge >= 0.3 is 0 Å². The number of rotatable bonds is 6. The molecule has 0 atom stereocenters. The molecule has 0 spiro atoms. The molecule has 17 heavy (non-hydrogen) atoms. The minimum atomic E-state index is -3.09. The van der Waals surface area contributed by atoms with Crippen LogP contribution in [0.3, 0.4) is 0 Å². The fraction of sp³-hybridized carbons (Fsp3) is 0.571. The van der Waals surface area contributed by atoms with E-state index in [0.717, 1.165) is 31.2 Å². The third-order valence-corrected chi connectivity index (χ3v) is 4.14.